The van der Waals surface area contributed by atoms with Crippen molar-refractivity contribution in [2.75, 3.05) is 6.61 Å². The van der Waals surface area contributed by atoms with Crippen LogP contribution in [0, 0.1) is 29.1 Å². The maximum Gasteiger partial charge on any atom is 0.0655 e. The van der Waals surface area contributed by atoms with Gasteiger partial charge in [-0.05, 0) is 62.7 Å². The molecule has 1 N–H and O–H groups in total. The molecule has 7 unspecified atom stereocenters. The van der Waals surface area contributed by atoms with Crippen molar-refractivity contribution in [2.24, 2.45) is 29.1 Å². The first-order chi connectivity index (χ1) is 9.61. The quantitative estimate of drug-likeness (QED) is 0.847. The maximum atomic E-state index is 5.88. The molecule has 4 aliphatic rings. The molecule has 2 bridgehead atoms. The molecule has 0 aromatic carbocycles. The largest absolute Gasteiger partial charge is 0.378 e. The van der Waals surface area contributed by atoms with Gasteiger partial charge in [0.25, 0.3) is 0 Å². The number of ether oxygens (including phenoxy) is 1. The highest BCUT2D eigenvalue weighted by molar-refractivity contribution is 5.09. The highest BCUT2D eigenvalue weighted by atomic mass is 16.5. The van der Waals surface area contributed by atoms with Gasteiger partial charge in [-0.15, -0.1) is 0 Å². The topological polar surface area (TPSA) is 21.3 Å². The third kappa shape index (κ3) is 1.83. The molecule has 4 rings (SSSR count). The second kappa shape index (κ2) is 4.71. The lowest BCUT2D eigenvalue weighted by atomic mass is 9.63. The second-order valence-electron chi connectivity index (χ2n) is 8.48. The van der Waals surface area contributed by atoms with Crippen molar-refractivity contribution >= 4 is 0 Å². The summed E-state index contributed by atoms with van der Waals surface area (Å²) in [4.78, 5) is 0. The predicted octanol–water partition coefficient (Wildman–Crippen LogP) is 3.60. The van der Waals surface area contributed by atoms with Crippen LogP contribution >= 0.6 is 0 Å². The molecule has 0 aromatic heterocycles. The molecule has 2 heteroatoms. The van der Waals surface area contributed by atoms with E-state index in [0.717, 1.165) is 36.3 Å². The van der Waals surface area contributed by atoms with Crippen molar-refractivity contribution in [3.63, 3.8) is 0 Å². The second-order valence-corrected chi connectivity index (χ2v) is 8.48. The fraction of sp³-hybridized carbons (Fsp3) is 1.00. The zero-order chi connectivity index (χ0) is 13.9. The van der Waals surface area contributed by atoms with Gasteiger partial charge >= 0.3 is 0 Å². The molecule has 4 aliphatic carbocycles. The molecule has 4 fully saturated rings. The zero-order valence-corrected chi connectivity index (χ0v) is 13.4. The molecule has 0 saturated heterocycles. The van der Waals surface area contributed by atoms with E-state index in [-0.39, 0.29) is 0 Å². The Hall–Kier alpha value is -0.0800. The molecule has 0 aliphatic heterocycles. The molecule has 0 heterocycles. The lowest BCUT2D eigenvalue weighted by Crippen LogP contribution is -2.63. The van der Waals surface area contributed by atoms with Crippen LogP contribution in [0.2, 0.25) is 0 Å². The van der Waals surface area contributed by atoms with Crippen molar-refractivity contribution in [2.45, 2.75) is 77.5 Å². The summed E-state index contributed by atoms with van der Waals surface area (Å²) < 4.78 is 5.88. The summed E-state index contributed by atoms with van der Waals surface area (Å²) >= 11 is 0. The summed E-state index contributed by atoms with van der Waals surface area (Å²) in [6.45, 7) is 7.76. The first kappa shape index (κ1) is 13.6. The van der Waals surface area contributed by atoms with Gasteiger partial charge in [0, 0.05) is 24.1 Å². The van der Waals surface area contributed by atoms with Gasteiger partial charge in [-0.3, -0.25) is 0 Å². The standard InChI is InChI=1S/C18H31NO/c1-4-20-17-10-16(18(17,2)3)19-15-9-11-8-14(15)13-7-5-6-12(11)13/h11-17,19H,4-10H2,1-3H3. The van der Waals surface area contributed by atoms with Crippen LogP contribution in [-0.4, -0.2) is 24.8 Å². The molecule has 20 heavy (non-hydrogen) atoms. The summed E-state index contributed by atoms with van der Waals surface area (Å²) in [5, 5.41) is 4.06. The van der Waals surface area contributed by atoms with Crippen LogP contribution in [0.15, 0.2) is 0 Å². The average molecular weight is 277 g/mol. The normalized spacial score (nSPS) is 52.0. The van der Waals surface area contributed by atoms with Crippen molar-refractivity contribution in [3.8, 4) is 0 Å². The highest BCUT2D eigenvalue weighted by Crippen LogP contribution is 2.59. The van der Waals surface area contributed by atoms with Gasteiger partial charge in [-0.25, -0.2) is 0 Å². The zero-order valence-electron chi connectivity index (χ0n) is 13.4. The molecule has 7 atom stereocenters. The molecule has 0 aromatic rings. The molecule has 2 nitrogen and oxygen atoms in total. The Balaban J connectivity index is 1.37. The molecule has 0 amide bonds. The fourth-order valence-corrected chi connectivity index (χ4v) is 6.17. The van der Waals surface area contributed by atoms with E-state index in [1.54, 1.807) is 6.42 Å². The van der Waals surface area contributed by atoms with Crippen LogP contribution in [0.25, 0.3) is 0 Å². The maximum absolute atomic E-state index is 5.88. The van der Waals surface area contributed by atoms with Crippen LogP contribution < -0.4 is 5.32 Å². The van der Waals surface area contributed by atoms with E-state index in [1.165, 1.54) is 32.1 Å². The molecule has 0 spiro atoms. The van der Waals surface area contributed by atoms with Crippen LogP contribution in [0.4, 0.5) is 0 Å². The third-order valence-corrected chi connectivity index (χ3v) is 7.39. The Morgan fingerprint density at radius 2 is 1.85 bits per heavy atom. The summed E-state index contributed by atoms with van der Waals surface area (Å²) in [5.74, 6) is 4.27. The first-order valence-corrected chi connectivity index (χ1v) is 8.99. The van der Waals surface area contributed by atoms with Crippen molar-refractivity contribution < 1.29 is 4.74 Å². The molecule has 114 valence electrons. The first-order valence-electron chi connectivity index (χ1n) is 8.99. The number of fused-ring (bicyclic) bond motifs is 5. The number of hydrogen-bond acceptors (Lipinski definition) is 2. The molecular weight excluding hydrogens is 246 g/mol. The molecule has 4 saturated carbocycles. The number of hydrogen-bond donors (Lipinski definition) is 1. The highest BCUT2D eigenvalue weighted by Gasteiger charge is 2.56. The van der Waals surface area contributed by atoms with Crippen molar-refractivity contribution in [3.05, 3.63) is 0 Å². The Kier molecular flexibility index (Phi) is 3.20. The average Bonchev–Trinajstić information content (AvgIpc) is 3.09. The lowest BCUT2D eigenvalue weighted by Gasteiger charge is -2.53. The van der Waals surface area contributed by atoms with Crippen LogP contribution in [0.5, 0.6) is 0 Å². The Bertz CT molecular complexity index is 380. The predicted molar refractivity (Wildman–Crippen MR) is 81.6 cm³/mol. The monoisotopic (exact) mass is 277 g/mol. The Labute approximate surface area is 124 Å². The van der Waals surface area contributed by atoms with Gasteiger partial charge in [0.05, 0.1) is 6.10 Å². The van der Waals surface area contributed by atoms with Gasteiger partial charge in [0.15, 0.2) is 0 Å². The van der Waals surface area contributed by atoms with Gasteiger partial charge in [-0.1, -0.05) is 20.3 Å². The summed E-state index contributed by atoms with van der Waals surface area (Å²) in [6.07, 6.45) is 9.29. The van der Waals surface area contributed by atoms with E-state index >= 15 is 0 Å². The minimum atomic E-state index is 0.326. The Morgan fingerprint density at radius 1 is 1.05 bits per heavy atom. The molecule has 0 radical (unpaired) electrons. The summed E-state index contributed by atoms with van der Waals surface area (Å²) in [7, 11) is 0. The fourth-order valence-electron chi connectivity index (χ4n) is 6.17. The SMILES string of the molecule is CCOC1CC(NC2CC3CC2C2CCCC32)C1(C)C. The smallest absolute Gasteiger partial charge is 0.0655 e. The van der Waals surface area contributed by atoms with Gasteiger partial charge < -0.3 is 10.1 Å². The van der Waals surface area contributed by atoms with E-state index in [0.29, 0.717) is 17.6 Å². The summed E-state index contributed by atoms with van der Waals surface area (Å²) in [5.41, 5.74) is 0.326. The van der Waals surface area contributed by atoms with Gasteiger partial charge in [-0.2, -0.15) is 0 Å². The van der Waals surface area contributed by atoms with Gasteiger partial charge in [0.2, 0.25) is 0 Å². The molecular formula is C18H31NO. The van der Waals surface area contributed by atoms with E-state index in [9.17, 15) is 0 Å². The van der Waals surface area contributed by atoms with Crippen LogP contribution in [-0.2, 0) is 4.74 Å². The van der Waals surface area contributed by atoms with Gasteiger partial charge in [0.1, 0.15) is 0 Å². The van der Waals surface area contributed by atoms with Crippen LogP contribution in [0.1, 0.15) is 59.3 Å². The van der Waals surface area contributed by atoms with E-state index in [2.05, 4.69) is 26.1 Å². The van der Waals surface area contributed by atoms with E-state index in [1.807, 2.05) is 0 Å². The van der Waals surface area contributed by atoms with E-state index < -0.39 is 0 Å². The van der Waals surface area contributed by atoms with Crippen molar-refractivity contribution in [1.29, 1.82) is 0 Å². The lowest BCUT2D eigenvalue weighted by molar-refractivity contribution is -0.118. The van der Waals surface area contributed by atoms with E-state index in [4.69, 9.17) is 4.74 Å². The Morgan fingerprint density at radius 3 is 2.60 bits per heavy atom. The van der Waals surface area contributed by atoms with Crippen molar-refractivity contribution in [1.82, 2.24) is 5.32 Å². The van der Waals surface area contributed by atoms with Crippen LogP contribution in [0.3, 0.4) is 0 Å². The minimum Gasteiger partial charge on any atom is -0.378 e. The summed E-state index contributed by atoms with van der Waals surface area (Å²) in [6, 6.07) is 1.51. The minimum absolute atomic E-state index is 0.326. The number of rotatable bonds is 4. The third-order valence-electron chi connectivity index (χ3n) is 7.39. The number of nitrogens with one attached hydrogen (secondary N) is 1.